The van der Waals surface area contributed by atoms with Gasteiger partial charge in [0.05, 0.1) is 4.90 Å². The number of nitrogens with one attached hydrogen (secondary N) is 1. The van der Waals surface area contributed by atoms with E-state index in [1.807, 2.05) is 0 Å². The molecule has 9 heteroatoms. The Kier molecular flexibility index (Phi) is 5.39. The summed E-state index contributed by atoms with van der Waals surface area (Å²) in [5, 5.41) is 7.72. The predicted molar refractivity (Wildman–Crippen MR) is 88.3 cm³/mol. The van der Waals surface area contributed by atoms with Crippen LogP contribution in [0, 0.1) is 13.8 Å². The average molecular weight is 370 g/mol. The number of hydrogen-bond acceptors (Lipinski definition) is 4. The van der Waals surface area contributed by atoms with Gasteiger partial charge in [-0.3, -0.25) is 4.79 Å². The normalized spacial score (nSPS) is 11.4. The third-order valence-corrected chi connectivity index (χ3v) is 4.56. The van der Waals surface area contributed by atoms with Crippen molar-refractivity contribution in [3.8, 4) is 5.75 Å². The fourth-order valence-corrected chi connectivity index (χ4v) is 3.06. The Hall–Kier alpha value is -2.52. The van der Waals surface area contributed by atoms with E-state index < -0.39 is 22.5 Å². The minimum absolute atomic E-state index is 0.0457. The Bertz CT molecular complexity index is 897. The van der Waals surface area contributed by atoms with Crippen molar-refractivity contribution in [1.29, 1.82) is 0 Å². The summed E-state index contributed by atoms with van der Waals surface area (Å²) in [5.41, 5.74) is 1.51. The van der Waals surface area contributed by atoms with Gasteiger partial charge in [-0.15, -0.1) is 0 Å². The number of amides is 1. The van der Waals surface area contributed by atoms with Crippen molar-refractivity contribution in [3.05, 3.63) is 53.1 Å². The summed E-state index contributed by atoms with van der Waals surface area (Å²) in [4.78, 5) is 12.2. The Labute approximate surface area is 143 Å². The summed E-state index contributed by atoms with van der Waals surface area (Å²) in [6.45, 7) is 0.322. The van der Waals surface area contributed by atoms with Gasteiger partial charge in [-0.05, 0) is 61.4 Å². The summed E-state index contributed by atoms with van der Waals surface area (Å²) >= 11 is 0. The summed E-state index contributed by atoms with van der Waals surface area (Å²) in [7, 11) is -3.97. The van der Waals surface area contributed by atoms with Crippen LogP contribution in [-0.4, -0.2) is 20.9 Å². The highest BCUT2D eigenvalue weighted by atomic mass is 32.2. The van der Waals surface area contributed by atoms with Gasteiger partial charge < -0.3 is 10.1 Å². The molecule has 2 aromatic rings. The van der Waals surface area contributed by atoms with Crippen molar-refractivity contribution >= 4 is 21.6 Å². The minimum atomic E-state index is -3.97. The van der Waals surface area contributed by atoms with Gasteiger partial charge >= 0.3 is 6.61 Å². The van der Waals surface area contributed by atoms with Crippen molar-refractivity contribution in [2.75, 3.05) is 5.32 Å². The second kappa shape index (κ2) is 7.16. The van der Waals surface area contributed by atoms with Crippen LogP contribution in [0.15, 0.2) is 41.3 Å². The van der Waals surface area contributed by atoms with Crippen LogP contribution < -0.4 is 15.2 Å². The summed E-state index contributed by atoms with van der Waals surface area (Å²) in [6, 6.07) is 8.05. The van der Waals surface area contributed by atoms with Crippen LogP contribution in [0.5, 0.6) is 5.75 Å². The lowest BCUT2D eigenvalue weighted by Gasteiger charge is -2.11. The fourth-order valence-electron chi connectivity index (χ4n) is 2.18. The van der Waals surface area contributed by atoms with Crippen molar-refractivity contribution in [1.82, 2.24) is 0 Å². The van der Waals surface area contributed by atoms with E-state index in [2.05, 4.69) is 10.1 Å². The van der Waals surface area contributed by atoms with E-state index in [1.165, 1.54) is 36.4 Å². The van der Waals surface area contributed by atoms with Crippen LogP contribution in [0.25, 0.3) is 0 Å². The van der Waals surface area contributed by atoms with Gasteiger partial charge in [0.2, 0.25) is 10.0 Å². The zero-order valence-corrected chi connectivity index (χ0v) is 14.2. The number of primary sulfonamides is 1. The van der Waals surface area contributed by atoms with Crippen LogP contribution in [0.4, 0.5) is 14.5 Å². The lowest BCUT2D eigenvalue weighted by atomic mass is 10.1. The quantitative estimate of drug-likeness (QED) is 0.845. The summed E-state index contributed by atoms with van der Waals surface area (Å²) in [6.07, 6.45) is 0. The molecule has 0 aliphatic carbocycles. The average Bonchev–Trinajstić information content (AvgIpc) is 2.50. The Balaban J connectivity index is 2.25. The zero-order valence-electron chi connectivity index (χ0n) is 13.4. The van der Waals surface area contributed by atoms with Gasteiger partial charge in [0.25, 0.3) is 5.91 Å². The second-order valence-corrected chi connectivity index (χ2v) is 6.85. The van der Waals surface area contributed by atoms with Crippen LogP contribution in [0.1, 0.15) is 21.5 Å². The monoisotopic (exact) mass is 370 g/mol. The molecule has 0 saturated carbocycles. The first kappa shape index (κ1) is 18.8. The molecule has 0 radical (unpaired) electrons. The first-order chi connectivity index (χ1) is 11.6. The van der Waals surface area contributed by atoms with Gasteiger partial charge in [0.15, 0.2) is 0 Å². The number of alkyl halides is 2. The largest absolute Gasteiger partial charge is 0.435 e. The first-order valence-corrected chi connectivity index (χ1v) is 8.63. The van der Waals surface area contributed by atoms with Gasteiger partial charge in [-0.1, -0.05) is 0 Å². The van der Waals surface area contributed by atoms with Crippen LogP contribution in [0.2, 0.25) is 0 Å². The third-order valence-electron chi connectivity index (χ3n) is 3.53. The van der Waals surface area contributed by atoms with E-state index in [4.69, 9.17) is 5.14 Å². The van der Waals surface area contributed by atoms with E-state index in [0.717, 1.165) is 0 Å². The molecule has 134 valence electrons. The molecule has 6 nitrogen and oxygen atoms in total. The molecule has 0 aliphatic heterocycles. The minimum Gasteiger partial charge on any atom is -0.435 e. The summed E-state index contributed by atoms with van der Waals surface area (Å²) < 4.78 is 51.7. The highest BCUT2D eigenvalue weighted by Gasteiger charge is 2.17. The molecule has 0 atom stereocenters. The fraction of sp³-hybridized carbons (Fsp3) is 0.188. The number of hydrogen-bond donors (Lipinski definition) is 2. The van der Waals surface area contributed by atoms with Gasteiger partial charge in [-0.25, -0.2) is 13.6 Å². The lowest BCUT2D eigenvalue weighted by molar-refractivity contribution is -0.0498. The molecule has 0 unspecified atom stereocenters. The molecule has 25 heavy (non-hydrogen) atoms. The first-order valence-electron chi connectivity index (χ1n) is 7.08. The van der Waals surface area contributed by atoms with E-state index in [-0.39, 0.29) is 16.2 Å². The molecule has 1 amide bonds. The summed E-state index contributed by atoms with van der Waals surface area (Å²) in [5.74, 6) is -0.605. The van der Waals surface area contributed by atoms with Gasteiger partial charge in [0, 0.05) is 11.3 Å². The molecule has 0 fully saturated rings. The molecule has 2 rings (SSSR count). The molecule has 0 heterocycles. The highest BCUT2D eigenvalue weighted by molar-refractivity contribution is 7.89. The molecular formula is C16H16F2N2O4S. The molecule has 0 aliphatic rings. The van der Waals surface area contributed by atoms with Crippen molar-refractivity contribution in [2.45, 2.75) is 25.4 Å². The third kappa shape index (κ3) is 4.74. The van der Waals surface area contributed by atoms with Crippen molar-refractivity contribution in [2.24, 2.45) is 5.14 Å². The number of ether oxygens (including phenoxy) is 1. The zero-order chi connectivity index (χ0) is 18.8. The Morgan fingerprint density at radius 2 is 1.76 bits per heavy atom. The molecule has 2 aromatic carbocycles. The highest BCUT2D eigenvalue weighted by Crippen LogP contribution is 2.22. The smallest absolute Gasteiger partial charge is 0.387 e. The number of carbonyl (C=O) groups excluding carboxylic acids is 1. The number of nitrogens with two attached hydrogens (primary N) is 1. The number of anilines is 1. The van der Waals surface area contributed by atoms with E-state index in [0.29, 0.717) is 16.8 Å². The Morgan fingerprint density at radius 3 is 2.28 bits per heavy atom. The number of sulfonamides is 1. The number of rotatable bonds is 5. The van der Waals surface area contributed by atoms with Crippen LogP contribution in [0.3, 0.4) is 0 Å². The number of aryl methyl sites for hydroxylation is 1. The molecule has 0 bridgehead atoms. The number of halogens is 2. The maximum absolute atomic E-state index is 12.3. The van der Waals surface area contributed by atoms with Gasteiger partial charge in [0.1, 0.15) is 5.75 Å². The van der Waals surface area contributed by atoms with Crippen LogP contribution in [-0.2, 0) is 10.0 Å². The topological polar surface area (TPSA) is 98.5 Å². The standard InChI is InChI=1S/C16H16F2N2O4S/c1-9-7-11(8-14(10(9)2)25(19,22)23)15(21)20-12-3-5-13(6-4-12)24-16(17)18/h3-8,16H,1-2H3,(H,20,21)(H2,19,22,23). The molecule has 0 saturated heterocycles. The maximum atomic E-state index is 12.3. The Morgan fingerprint density at radius 1 is 1.16 bits per heavy atom. The maximum Gasteiger partial charge on any atom is 0.387 e. The van der Waals surface area contributed by atoms with E-state index >= 15 is 0 Å². The van der Waals surface area contributed by atoms with Gasteiger partial charge in [-0.2, -0.15) is 8.78 Å². The van der Waals surface area contributed by atoms with Crippen LogP contribution >= 0.6 is 0 Å². The SMILES string of the molecule is Cc1cc(C(=O)Nc2ccc(OC(F)F)cc2)cc(S(N)(=O)=O)c1C. The molecule has 0 aromatic heterocycles. The molecule has 0 spiro atoms. The van der Waals surface area contributed by atoms with E-state index in [9.17, 15) is 22.0 Å². The number of carbonyl (C=O) groups is 1. The lowest BCUT2D eigenvalue weighted by Crippen LogP contribution is -2.17. The molecule has 3 N–H and O–H groups in total. The van der Waals surface area contributed by atoms with Crippen molar-refractivity contribution < 1.29 is 26.7 Å². The second-order valence-electron chi connectivity index (χ2n) is 5.32. The molecular weight excluding hydrogens is 354 g/mol. The van der Waals surface area contributed by atoms with E-state index in [1.54, 1.807) is 13.8 Å². The van der Waals surface area contributed by atoms with Crippen molar-refractivity contribution in [3.63, 3.8) is 0 Å². The predicted octanol–water partition coefficient (Wildman–Crippen LogP) is 2.80. The number of benzene rings is 2.